The van der Waals surface area contributed by atoms with Gasteiger partial charge in [-0.25, -0.2) is 4.68 Å². The Morgan fingerprint density at radius 2 is 1.81 bits per heavy atom. The van der Waals surface area contributed by atoms with Crippen LogP contribution in [0.15, 0.2) is 54.7 Å². The zero-order valence-corrected chi connectivity index (χ0v) is 14.2. The minimum absolute atomic E-state index is 0.262. The fourth-order valence-electron chi connectivity index (χ4n) is 2.61. The molecule has 0 fully saturated rings. The van der Waals surface area contributed by atoms with Crippen molar-refractivity contribution in [2.75, 3.05) is 0 Å². The van der Waals surface area contributed by atoms with Crippen molar-refractivity contribution in [3.8, 4) is 22.6 Å². The summed E-state index contributed by atoms with van der Waals surface area (Å²) >= 11 is 6.12. The molecule has 0 aliphatic heterocycles. The number of rotatable bonds is 5. The fourth-order valence-corrected chi connectivity index (χ4v) is 2.88. The first-order chi connectivity index (χ1) is 12.7. The Bertz CT molecular complexity index is 998. The maximum absolute atomic E-state index is 10.4. The van der Waals surface area contributed by atoms with Gasteiger partial charge in [0.05, 0.1) is 12.7 Å². The summed E-state index contributed by atoms with van der Waals surface area (Å²) < 4.78 is 1.59. The van der Waals surface area contributed by atoms with Gasteiger partial charge in [-0.3, -0.25) is 0 Å². The molecule has 0 amide bonds. The van der Waals surface area contributed by atoms with E-state index in [0.717, 1.165) is 11.1 Å². The van der Waals surface area contributed by atoms with Crippen LogP contribution in [-0.2, 0) is 6.54 Å². The molecule has 9 heteroatoms. The minimum Gasteiger partial charge on any atom is -0.386 e. The molecule has 2 aromatic carbocycles. The van der Waals surface area contributed by atoms with Crippen LogP contribution in [0.5, 0.6) is 0 Å². The van der Waals surface area contributed by atoms with Crippen LogP contribution in [0.25, 0.3) is 22.6 Å². The molecule has 0 aliphatic rings. The van der Waals surface area contributed by atoms with Gasteiger partial charge in [-0.05, 0) is 11.3 Å². The maximum atomic E-state index is 10.4. The summed E-state index contributed by atoms with van der Waals surface area (Å²) in [6, 6.07) is 14.8. The summed E-state index contributed by atoms with van der Waals surface area (Å²) in [5.74, 6) is 0.531. The highest BCUT2D eigenvalue weighted by atomic mass is 35.5. The molecule has 0 saturated carbocycles. The predicted octanol–water partition coefficient (Wildman–Crippen LogP) is 2.51. The van der Waals surface area contributed by atoms with Crippen LogP contribution in [0.3, 0.4) is 0 Å². The number of hydrogen-bond acceptors (Lipinski definition) is 6. The first kappa shape index (κ1) is 16.4. The molecule has 2 N–H and O–H groups in total. The molecule has 26 heavy (non-hydrogen) atoms. The SMILES string of the molecule is O[C@@H](Cn1cc(-c2ccc(-c3nn[nH]n3)cc2)nn1)c1ccccc1Cl. The van der Waals surface area contributed by atoms with Crippen molar-refractivity contribution in [2.24, 2.45) is 0 Å². The van der Waals surface area contributed by atoms with E-state index < -0.39 is 6.10 Å². The number of nitrogens with one attached hydrogen (secondary N) is 1. The van der Waals surface area contributed by atoms with Crippen LogP contribution in [0.2, 0.25) is 5.02 Å². The Balaban J connectivity index is 1.50. The average molecular weight is 368 g/mol. The molecular formula is C17H14ClN7O. The third-order valence-corrected chi connectivity index (χ3v) is 4.29. The van der Waals surface area contributed by atoms with Crippen molar-refractivity contribution in [3.05, 3.63) is 65.3 Å². The minimum atomic E-state index is -0.765. The smallest absolute Gasteiger partial charge is 0.204 e. The van der Waals surface area contributed by atoms with Gasteiger partial charge in [-0.1, -0.05) is 59.3 Å². The van der Waals surface area contributed by atoms with E-state index >= 15 is 0 Å². The van der Waals surface area contributed by atoms with Crippen LogP contribution in [-0.4, -0.2) is 40.7 Å². The van der Waals surface area contributed by atoms with Gasteiger partial charge in [0.2, 0.25) is 5.82 Å². The quantitative estimate of drug-likeness (QED) is 0.561. The number of H-pyrrole nitrogens is 1. The van der Waals surface area contributed by atoms with Gasteiger partial charge in [0, 0.05) is 21.7 Å². The lowest BCUT2D eigenvalue weighted by Crippen LogP contribution is -2.09. The number of nitrogens with zero attached hydrogens (tertiary/aromatic N) is 6. The Labute approximate surface area is 153 Å². The van der Waals surface area contributed by atoms with Crippen molar-refractivity contribution >= 4 is 11.6 Å². The lowest BCUT2D eigenvalue weighted by molar-refractivity contribution is 0.151. The first-order valence-electron chi connectivity index (χ1n) is 7.87. The molecule has 8 nitrogen and oxygen atoms in total. The number of benzene rings is 2. The molecule has 0 spiro atoms. The molecule has 0 bridgehead atoms. The van der Waals surface area contributed by atoms with E-state index in [9.17, 15) is 5.11 Å². The molecule has 0 saturated heterocycles. The van der Waals surface area contributed by atoms with Gasteiger partial charge in [-0.15, -0.1) is 15.3 Å². The van der Waals surface area contributed by atoms with Crippen LogP contribution in [0, 0.1) is 0 Å². The lowest BCUT2D eigenvalue weighted by Gasteiger charge is -2.11. The molecule has 2 heterocycles. The summed E-state index contributed by atoms with van der Waals surface area (Å²) in [6.45, 7) is 0.262. The molecule has 4 rings (SSSR count). The van der Waals surface area contributed by atoms with Gasteiger partial charge >= 0.3 is 0 Å². The molecule has 4 aromatic rings. The number of aromatic nitrogens is 7. The lowest BCUT2D eigenvalue weighted by atomic mass is 10.1. The van der Waals surface area contributed by atoms with E-state index in [-0.39, 0.29) is 6.54 Å². The van der Waals surface area contributed by atoms with Crippen LogP contribution < -0.4 is 0 Å². The number of halogens is 1. The number of tetrazole rings is 1. The third-order valence-electron chi connectivity index (χ3n) is 3.95. The zero-order valence-electron chi connectivity index (χ0n) is 13.5. The second kappa shape index (κ2) is 7.03. The van der Waals surface area contributed by atoms with Gasteiger partial charge in [0.1, 0.15) is 11.8 Å². The Kier molecular flexibility index (Phi) is 4.42. The Morgan fingerprint density at radius 1 is 1.04 bits per heavy atom. The molecule has 0 aliphatic carbocycles. The van der Waals surface area contributed by atoms with Gasteiger partial charge in [0.15, 0.2) is 0 Å². The standard InChI is InChI=1S/C17H14ClN7O/c18-14-4-2-1-3-13(14)16(26)10-25-9-15(19-24-25)11-5-7-12(8-6-11)17-20-22-23-21-17/h1-9,16,26H,10H2,(H,20,21,22,23)/t16-/m0/s1. The van der Waals surface area contributed by atoms with E-state index in [0.29, 0.717) is 22.1 Å². The molecule has 0 radical (unpaired) electrons. The molecular weight excluding hydrogens is 354 g/mol. The second-order valence-electron chi connectivity index (χ2n) is 5.68. The first-order valence-corrected chi connectivity index (χ1v) is 8.25. The van der Waals surface area contributed by atoms with E-state index in [1.54, 1.807) is 23.0 Å². The number of aliphatic hydroxyl groups excluding tert-OH is 1. The zero-order chi connectivity index (χ0) is 17.9. The topological polar surface area (TPSA) is 105 Å². The second-order valence-corrected chi connectivity index (χ2v) is 6.08. The third kappa shape index (κ3) is 3.32. The molecule has 130 valence electrons. The van der Waals surface area contributed by atoms with Crippen LogP contribution in [0.1, 0.15) is 11.7 Å². The van der Waals surface area contributed by atoms with Crippen molar-refractivity contribution in [2.45, 2.75) is 12.6 Å². The van der Waals surface area contributed by atoms with E-state index in [1.807, 2.05) is 36.4 Å². The van der Waals surface area contributed by atoms with Crippen molar-refractivity contribution < 1.29 is 5.11 Å². The molecule has 0 unspecified atom stereocenters. The van der Waals surface area contributed by atoms with Crippen molar-refractivity contribution in [1.82, 2.24) is 35.6 Å². The summed E-state index contributed by atoms with van der Waals surface area (Å²) in [4.78, 5) is 0. The number of aliphatic hydroxyl groups is 1. The van der Waals surface area contributed by atoms with E-state index in [4.69, 9.17) is 11.6 Å². The van der Waals surface area contributed by atoms with Crippen molar-refractivity contribution in [1.29, 1.82) is 0 Å². The van der Waals surface area contributed by atoms with Gasteiger partial charge < -0.3 is 5.11 Å². The summed E-state index contributed by atoms with van der Waals surface area (Å²) in [5, 5.41) is 33.0. The highest BCUT2D eigenvalue weighted by Crippen LogP contribution is 2.25. The Morgan fingerprint density at radius 3 is 2.54 bits per heavy atom. The highest BCUT2D eigenvalue weighted by molar-refractivity contribution is 6.31. The summed E-state index contributed by atoms with van der Waals surface area (Å²) in [5.41, 5.74) is 3.12. The average Bonchev–Trinajstić information content (AvgIpc) is 3.34. The monoisotopic (exact) mass is 367 g/mol. The van der Waals surface area contributed by atoms with E-state index in [2.05, 4.69) is 30.9 Å². The number of aromatic amines is 1. The van der Waals surface area contributed by atoms with Crippen molar-refractivity contribution in [3.63, 3.8) is 0 Å². The largest absolute Gasteiger partial charge is 0.386 e. The van der Waals surface area contributed by atoms with Crippen LogP contribution >= 0.6 is 11.6 Å². The Hall–Kier alpha value is -3.10. The molecule has 1 atom stereocenters. The summed E-state index contributed by atoms with van der Waals surface area (Å²) in [7, 11) is 0. The highest BCUT2D eigenvalue weighted by Gasteiger charge is 2.13. The molecule has 2 aromatic heterocycles. The van der Waals surface area contributed by atoms with E-state index in [1.165, 1.54) is 0 Å². The van der Waals surface area contributed by atoms with Crippen LogP contribution in [0.4, 0.5) is 0 Å². The van der Waals surface area contributed by atoms with Gasteiger partial charge in [0.25, 0.3) is 0 Å². The van der Waals surface area contributed by atoms with Gasteiger partial charge in [-0.2, -0.15) is 5.21 Å². The maximum Gasteiger partial charge on any atom is 0.204 e. The predicted molar refractivity (Wildman–Crippen MR) is 95.0 cm³/mol. The summed E-state index contributed by atoms with van der Waals surface area (Å²) in [6.07, 6.45) is 1.02. The normalized spacial score (nSPS) is 12.2. The fraction of sp³-hybridized carbons (Fsp3) is 0.118. The number of hydrogen-bond donors (Lipinski definition) is 2.